The minimum absolute atomic E-state index is 0.233. The second-order valence-corrected chi connectivity index (χ2v) is 4.16. The molecule has 0 saturated heterocycles. The van der Waals surface area contributed by atoms with E-state index >= 15 is 0 Å². The lowest BCUT2D eigenvalue weighted by atomic mass is 10.3. The molecule has 0 aromatic carbocycles. The molecule has 0 amide bonds. The van der Waals surface area contributed by atoms with Gasteiger partial charge in [0.25, 0.3) is 0 Å². The highest BCUT2D eigenvalue weighted by Crippen LogP contribution is 2.25. The molecule has 1 unspecified atom stereocenters. The van der Waals surface area contributed by atoms with E-state index < -0.39 is 0 Å². The summed E-state index contributed by atoms with van der Waals surface area (Å²) in [6, 6.07) is 2.37. The zero-order valence-corrected chi connectivity index (χ0v) is 8.69. The van der Waals surface area contributed by atoms with Crippen LogP contribution in [0, 0.1) is 6.92 Å². The second-order valence-electron chi connectivity index (χ2n) is 3.27. The van der Waals surface area contributed by atoms with Gasteiger partial charge in [0, 0.05) is 19.6 Å². The van der Waals surface area contributed by atoms with Gasteiger partial charge in [-0.15, -0.1) is 11.3 Å². The highest BCUT2D eigenvalue weighted by molar-refractivity contribution is 7.14. The van der Waals surface area contributed by atoms with Crippen LogP contribution in [-0.2, 0) is 0 Å². The van der Waals surface area contributed by atoms with Crippen LogP contribution < -0.4 is 10.6 Å². The molecule has 1 atom stereocenters. The van der Waals surface area contributed by atoms with E-state index in [-0.39, 0.29) is 6.04 Å². The first-order valence-electron chi connectivity index (χ1n) is 4.12. The summed E-state index contributed by atoms with van der Waals surface area (Å²) in [5, 5.41) is 3.44. The SMILES string of the molecule is Cc1ccsc1N(C)CC(C)N. The van der Waals surface area contributed by atoms with Crippen molar-refractivity contribution in [1.29, 1.82) is 0 Å². The fourth-order valence-corrected chi connectivity index (χ4v) is 2.18. The molecule has 12 heavy (non-hydrogen) atoms. The lowest BCUT2D eigenvalue weighted by Gasteiger charge is -2.20. The van der Waals surface area contributed by atoms with Crippen LogP contribution in [0.1, 0.15) is 12.5 Å². The van der Waals surface area contributed by atoms with Crippen molar-refractivity contribution in [2.24, 2.45) is 5.73 Å². The lowest BCUT2D eigenvalue weighted by Crippen LogP contribution is -2.32. The number of thiophene rings is 1. The summed E-state index contributed by atoms with van der Waals surface area (Å²) in [6.45, 7) is 5.07. The van der Waals surface area contributed by atoms with Gasteiger partial charge in [0.05, 0.1) is 5.00 Å². The van der Waals surface area contributed by atoms with E-state index in [0.29, 0.717) is 0 Å². The van der Waals surface area contributed by atoms with E-state index in [9.17, 15) is 0 Å². The van der Waals surface area contributed by atoms with Gasteiger partial charge in [0.15, 0.2) is 0 Å². The molecule has 0 saturated carbocycles. The number of hydrogen-bond acceptors (Lipinski definition) is 3. The Kier molecular flexibility index (Phi) is 3.12. The van der Waals surface area contributed by atoms with Crippen LogP contribution in [0.25, 0.3) is 0 Å². The summed E-state index contributed by atoms with van der Waals surface area (Å²) in [6.07, 6.45) is 0. The molecule has 68 valence electrons. The first-order valence-corrected chi connectivity index (χ1v) is 5.00. The smallest absolute Gasteiger partial charge is 0.0936 e. The van der Waals surface area contributed by atoms with Crippen molar-refractivity contribution in [2.75, 3.05) is 18.5 Å². The zero-order chi connectivity index (χ0) is 9.14. The Balaban J connectivity index is 2.65. The van der Waals surface area contributed by atoms with Gasteiger partial charge in [-0.25, -0.2) is 0 Å². The normalized spacial score (nSPS) is 13.0. The van der Waals surface area contributed by atoms with Crippen LogP contribution >= 0.6 is 11.3 Å². The van der Waals surface area contributed by atoms with E-state index in [2.05, 4.69) is 30.3 Å². The number of rotatable bonds is 3. The van der Waals surface area contributed by atoms with Crippen LogP contribution in [0.15, 0.2) is 11.4 Å². The average molecular weight is 184 g/mol. The van der Waals surface area contributed by atoms with Gasteiger partial charge in [-0.3, -0.25) is 0 Å². The standard InChI is InChI=1S/C9H16N2S/c1-7-4-5-12-9(7)11(3)6-8(2)10/h4-5,8H,6,10H2,1-3H3. The molecule has 0 aliphatic carbocycles. The number of hydrogen-bond donors (Lipinski definition) is 1. The summed E-state index contributed by atoms with van der Waals surface area (Å²) < 4.78 is 0. The van der Waals surface area contributed by atoms with E-state index in [0.717, 1.165) is 6.54 Å². The van der Waals surface area contributed by atoms with Crippen molar-refractivity contribution in [3.63, 3.8) is 0 Å². The summed E-state index contributed by atoms with van der Waals surface area (Å²) in [4.78, 5) is 2.21. The highest BCUT2D eigenvalue weighted by atomic mass is 32.1. The molecular formula is C9H16N2S. The van der Waals surface area contributed by atoms with E-state index in [1.807, 2.05) is 6.92 Å². The lowest BCUT2D eigenvalue weighted by molar-refractivity contribution is 0.720. The Morgan fingerprint density at radius 1 is 1.67 bits per heavy atom. The largest absolute Gasteiger partial charge is 0.365 e. The van der Waals surface area contributed by atoms with Crippen molar-refractivity contribution in [3.8, 4) is 0 Å². The minimum Gasteiger partial charge on any atom is -0.365 e. The molecule has 0 radical (unpaired) electrons. The fraction of sp³-hybridized carbons (Fsp3) is 0.556. The molecule has 1 aromatic rings. The highest BCUT2D eigenvalue weighted by Gasteiger charge is 2.06. The van der Waals surface area contributed by atoms with Gasteiger partial charge in [0.1, 0.15) is 0 Å². The minimum atomic E-state index is 0.233. The number of anilines is 1. The number of likely N-dealkylation sites (N-methyl/N-ethyl adjacent to an activating group) is 1. The molecule has 2 nitrogen and oxygen atoms in total. The molecular weight excluding hydrogens is 168 g/mol. The third-order valence-electron chi connectivity index (χ3n) is 1.74. The first-order chi connectivity index (χ1) is 5.61. The van der Waals surface area contributed by atoms with Crippen molar-refractivity contribution >= 4 is 16.3 Å². The predicted octanol–water partition coefficient (Wildman–Crippen LogP) is 1.84. The first kappa shape index (κ1) is 9.55. The number of nitrogens with zero attached hydrogens (tertiary/aromatic N) is 1. The molecule has 0 aliphatic rings. The second kappa shape index (κ2) is 3.92. The topological polar surface area (TPSA) is 29.3 Å². The number of aryl methyl sites for hydroxylation is 1. The van der Waals surface area contributed by atoms with Gasteiger partial charge in [-0.2, -0.15) is 0 Å². The molecule has 0 aliphatic heterocycles. The Bertz CT molecular complexity index is 242. The van der Waals surface area contributed by atoms with Crippen molar-refractivity contribution in [1.82, 2.24) is 0 Å². The monoisotopic (exact) mass is 184 g/mol. The maximum absolute atomic E-state index is 5.71. The zero-order valence-electron chi connectivity index (χ0n) is 7.87. The maximum atomic E-state index is 5.71. The van der Waals surface area contributed by atoms with Crippen LogP contribution in [0.2, 0.25) is 0 Å². The van der Waals surface area contributed by atoms with Gasteiger partial charge in [0.2, 0.25) is 0 Å². The summed E-state index contributed by atoms with van der Waals surface area (Å²) in [7, 11) is 2.09. The van der Waals surface area contributed by atoms with Crippen molar-refractivity contribution in [2.45, 2.75) is 19.9 Å². The maximum Gasteiger partial charge on any atom is 0.0936 e. The van der Waals surface area contributed by atoms with Crippen molar-refractivity contribution < 1.29 is 0 Å². The van der Waals surface area contributed by atoms with Crippen LogP contribution in [0.5, 0.6) is 0 Å². The Morgan fingerprint density at radius 2 is 2.33 bits per heavy atom. The predicted molar refractivity (Wildman–Crippen MR) is 56.0 cm³/mol. The average Bonchev–Trinajstić information content (AvgIpc) is 2.33. The van der Waals surface area contributed by atoms with Gasteiger partial charge < -0.3 is 10.6 Å². The van der Waals surface area contributed by atoms with Crippen LogP contribution in [0.3, 0.4) is 0 Å². The summed E-state index contributed by atoms with van der Waals surface area (Å²) in [5.41, 5.74) is 7.05. The van der Waals surface area contributed by atoms with Crippen LogP contribution in [0.4, 0.5) is 5.00 Å². The van der Waals surface area contributed by atoms with Gasteiger partial charge >= 0.3 is 0 Å². The Hall–Kier alpha value is -0.540. The summed E-state index contributed by atoms with van der Waals surface area (Å²) >= 11 is 1.77. The molecule has 1 aromatic heterocycles. The van der Waals surface area contributed by atoms with E-state index in [1.165, 1.54) is 10.6 Å². The van der Waals surface area contributed by atoms with Gasteiger partial charge in [-0.05, 0) is 30.9 Å². The molecule has 3 heteroatoms. The van der Waals surface area contributed by atoms with Crippen LogP contribution in [-0.4, -0.2) is 19.6 Å². The number of nitrogens with two attached hydrogens (primary N) is 1. The molecule has 2 N–H and O–H groups in total. The fourth-order valence-electron chi connectivity index (χ4n) is 1.27. The Morgan fingerprint density at radius 3 is 2.75 bits per heavy atom. The van der Waals surface area contributed by atoms with E-state index in [4.69, 9.17) is 5.73 Å². The quantitative estimate of drug-likeness (QED) is 0.776. The molecule has 0 spiro atoms. The molecule has 0 bridgehead atoms. The van der Waals surface area contributed by atoms with Crippen molar-refractivity contribution in [3.05, 3.63) is 17.0 Å². The third kappa shape index (κ3) is 2.22. The Labute approximate surface area is 78.0 Å². The summed E-state index contributed by atoms with van der Waals surface area (Å²) in [5.74, 6) is 0. The molecule has 1 rings (SSSR count). The van der Waals surface area contributed by atoms with Gasteiger partial charge in [-0.1, -0.05) is 0 Å². The third-order valence-corrected chi connectivity index (χ3v) is 2.87. The molecule has 0 fully saturated rings. The molecule has 1 heterocycles. The van der Waals surface area contributed by atoms with E-state index in [1.54, 1.807) is 11.3 Å².